The number of benzene rings is 1. The molecule has 2 amide bonds. The lowest BCUT2D eigenvalue weighted by Gasteiger charge is -2.21. The molecule has 3 N–H and O–H groups in total. The zero-order valence-corrected chi connectivity index (χ0v) is 11.1. The van der Waals surface area contributed by atoms with Gasteiger partial charge in [0.2, 0.25) is 5.91 Å². The van der Waals surface area contributed by atoms with E-state index in [9.17, 15) is 14.0 Å². The van der Waals surface area contributed by atoms with Gasteiger partial charge >= 0.3 is 0 Å². The second kappa shape index (κ2) is 6.72. The van der Waals surface area contributed by atoms with Crippen molar-refractivity contribution < 1.29 is 14.0 Å². The minimum atomic E-state index is -0.641. The molecule has 0 aliphatic carbocycles. The highest BCUT2D eigenvalue weighted by Gasteiger charge is 2.20. The van der Waals surface area contributed by atoms with Gasteiger partial charge in [-0.1, -0.05) is 6.92 Å². The predicted molar refractivity (Wildman–Crippen MR) is 71.1 cm³/mol. The maximum absolute atomic E-state index is 13.6. The lowest BCUT2D eigenvalue weighted by atomic mass is 10.1. The summed E-state index contributed by atoms with van der Waals surface area (Å²) in [4.78, 5) is 24.9. The largest absolute Gasteiger partial charge is 0.399 e. The van der Waals surface area contributed by atoms with E-state index in [0.29, 0.717) is 18.7 Å². The molecule has 5 nitrogen and oxygen atoms in total. The molecule has 0 saturated carbocycles. The number of hydrogen-bond donors (Lipinski definition) is 2. The number of nitrogens with one attached hydrogen (secondary N) is 1. The minimum absolute atomic E-state index is 0.0998. The van der Waals surface area contributed by atoms with Crippen molar-refractivity contribution in [3.05, 3.63) is 29.6 Å². The molecule has 0 bridgehead atoms. The molecule has 0 saturated heterocycles. The van der Waals surface area contributed by atoms with E-state index in [-0.39, 0.29) is 18.0 Å². The van der Waals surface area contributed by atoms with Crippen LogP contribution in [0.2, 0.25) is 0 Å². The van der Waals surface area contributed by atoms with Crippen molar-refractivity contribution in [2.75, 3.05) is 25.9 Å². The smallest absolute Gasteiger partial charge is 0.257 e. The van der Waals surface area contributed by atoms with Crippen LogP contribution in [0.1, 0.15) is 23.7 Å². The molecule has 0 unspecified atom stereocenters. The van der Waals surface area contributed by atoms with Gasteiger partial charge in [-0.3, -0.25) is 9.59 Å². The van der Waals surface area contributed by atoms with Crippen LogP contribution in [-0.2, 0) is 4.79 Å². The van der Waals surface area contributed by atoms with Gasteiger partial charge in [0.25, 0.3) is 5.91 Å². The van der Waals surface area contributed by atoms with E-state index in [1.165, 1.54) is 24.1 Å². The minimum Gasteiger partial charge on any atom is -0.399 e. The maximum atomic E-state index is 13.6. The molecule has 0 heterocycles. The number of rotatable bonds is 5. The number of halogens is 1. The first kappa shape index (κ1) is 14.9. The topological polar surface area (TPSA) is 75.4 Å². The number of anilines is 1. The lowest BCUT2D eigenvalue weighted by molar-refractivity contribution is -0.121. The van der Waals surface area contributed by atoms with Crippen LogP contribution in [0.3, 0.4) is 0 Å². The quantitative estimate of drug-likeness (QED) is 0.782. The summed E-state index contributed by atoms with van der Waals surface area (Å²) in [6.45, 7) is 2.15. The standard InChI is InChI=1S/C13H18FN3O2/c1-3-6-17(8-12(18)16-2)13(19)10-7-9(15)4-5-11(10)14/h4-5,7H,3,6,8,15H2,1-2H3,(H,16,18). The summed E-state index contributed by atoms with van der Waals surface area (Å²) in [7, 11) is 1.48. The van der Waals surface area contributed by atoms with Gasteiger partial charge in [0.05, 0.1) is 12.1 Å². The van der Waals surface area contributed by atoms with E-state index in [1.807, 2.05) is 6.92 Å². The van der Waals surface area contributed by atoms with Crippen molar-refractivity contribution in [3.63, 3.8) is 0 Å². The molecule has 6 heteroatoms. The molecule has 104 valence electrons. The first-order chi connectivity index (χ1) is 8.99. The molecule has 1 aromatic rings. The van der Waals surface area contributed by atoms with Crippen molar-refractivity contribution in [2.24, 2.45) is 0 Å². The molecule has 19 heavy (non-hydrogen) atoms. The molecule has 0 spiro atoms. The van der Waals surface area contributed by atoms with E-state index in [0.717, 1.165) is 6.07 Å². The third-order valence-electron chi connectivity index (χ3n) is 2.61. The highest BCUT2D eigenvalue weighted by atomic mass is 19.1. The van der Waals surface area contributed by atoms with Crippen LogP contribution in [0.15, 0.2) is 18.2 Å². The van der Waals surface area contributed by atoms with Gasteiger partial charge in [0.15, 0.2) is 0 Å². The fraction of sp³-hybridized carbons (Fsp3) is 0.385. The lowest BCUT2D eigenvalue weighted by Crippen LogP contribution is -2.40. The van der Waals surface area contributed by atoms with Crippen LogP contribution >= 0.6 is 0 Å². The Morgan fingerprint density at radius 2 is 2.11 bits per heavy atom. The van der Waals surface area contributed by atoms with E-state index in [4.69, 9.17) is 5.73 Å². The molecule has 1 aromatic carbocycles. The van der Waals surface area contributed by atoms with Crippen molar-refractivity contribution in [1.82, 2.24) is 10.2 Å². The van der Waals surface area contributed by atoms with Crippen LogP contribution in [0.4, 0.5) is 10.1 Å². The number of amides is 2. The van der Waals surface area contributed by atoms with Gasteiger partial charge in [-0.05, 0) is 24.6 Å². The number of hydrogen-bond acceptors (Lipinski definition) is 3. The van der Waals surface area contributed by atoms with Gasteiger partial charge in [0.1, 0.15) is 5.82 Å². The average molecular weight is 267 g/mol. The zero-order valence-electron chi connectivity index (χ0n) is 11.1. The number of carbonyl (C=O) groups is 2. The summed E-state index contributed by atoms with van der Waals surface area (Å²) < 4.78 is 13.6. The molecule has 0 atom stereocenters. The SMILES string of the molecule is CCCN(CC(=O)NC)C(=O)c1cc(N)ccc1F. The highest BCUT2D eigenvalue weighted by molar-refractivity contribution is 5.97. The number of nitrogens with zero attached hydrogens (tertiary/aromatic N) is 1. The Morgan fingerprint density at radius 3 is 2.68 bits per heavy atom. The molecule has 0 radical (unpaired) electrons. The van der Waals surface area contributed by atoms with Gasteiger partial charge < -0.3 is 16.0 Å². The first-order valence-corrected chi connectivity index (χ1v) is 6.04. The fourth-order valence-electron chi connectivity index (χ4n) is 1.65. The van der Waals surface area contributed by atoms with Crippen LogP contribution in [-0.4, -0.2) is 36.9 Å². The molecule has 0 aliphatic heterocycles. The molecule has 0 aliphatic rings. The normalized spacial score (nSPS) is 10.1. The number of nitrogens with two attached hydrogens (primary N) is 1. The third-order valence-corrected chi connectivity index (χ3v) is 2.61. The van der Waals surface area contributed by atoms with Crippen molar-refractivity contribution in [3.8, 4) is 0 Å². The van der Waals surface area contributed by atoms with Gasteiger partial charge in [0, 0.05) is 19.3 Å². The summed E-state index contributed by atoms with van der Waals surface area (Å²) in [5.74, 6) is -1.47. The highest BCUT2D eigenvalue weighted by Crippen LogP contribution is 2.14. The van der Waals surface area contributed by atoms with Crippen LogP contribution in [0.25, 0.3) is 0 Å². The molecular formula is C13H18FN3O2. The Balaban J connectivity index is 2.98. The Bertz CT molecular complexity index is 477. The third kappa shape index (κ3) is 3.94. The Morgan fingerprint density at radius 1 is 1.42 bits per heavy atom. The van der Waals surface area contributed by atoms with E-state index in [1.54, 1.807) is 0 Å². The van der Waals surface area contributed by atoms with Crippen molar-refractivity contribution >= 4 is 17.5 Å². The molecule has 0 fully saturated rings. The maximum Gasteiger partial charge on any atom is 0.257 e. The summed E-state index contributed by atoms with van der Waals surface area (Å²) in [6.07, 6.45) is 0.673. The second-order valence-corrected chi connectivity index (χ2v) is 4.14. The average Bonchev–Trinajstić information content (AvgIpc) is 2.40. The van der Waals surface area contributed by atoms with Crippen LogP contribution < -0.4 is 11.1 Å². The van der Waals surface area contributed by atoms with Crippen LogP contribution in [0, 0.1) is 5.82 Å². The second-order valence-electron chi connectivity index (χ2n) is 4.14. The molecule has 0 aromatic heterocycles. The Labute approximate surface area is 111 Å². The monoisotopic (exact) mass is 267 g/mol. The number of likely N-dealkylation sites (N-methyl/N-ethyl adjacent to an activating group) is 1. The fourth-order valence-corrected chi connectivity index (χ4v) is 1.65. The first-order valence-electron chi connectivity index (χ1n) is 6.04. The predicted octanol–water partition coefficient (Wildman–Crippen LogP) is 1.01. The summed E-state index contributed by atoms with van der Waals surface area (Å²) in [6, 6.07) is 3.81. The van der Waals surface area contributed by atoms with Crippen molar-refractivity contribution in [1.29, 1.82) is 0 Å². The van der Waals surface area contributed by atoms with Crippen LogP contribution in [0.5, 0.6) is 0 Å². The Kier molecular flexibility index (Phi) is 5.29. The summed E-state index contributed by atoms with van der Waals surface area (Å²) in [5.41, 5.74) is 5.74. The van der Waals surface area contributed by atoms with E-state index in [2.05, 4.69) is 5.32 Å². The van der Waals surface area contributed by atoms with Gasteiger partial charge in [-0.25, -0.2) is 4.39 Å². The van der Waals surface area contributed by atoms with E-state index < -0.39 is 11.7 Å². The summed E-state index contributed by atoms with van der Waals surface area (Å²) >= 11 is 0. The zero-order chi connectivity index (χ0) is 14.4. The van der Waals surface area contributed by atoms with E-state index >= 15 is 0 Å². The van der Waals surface area contributed by atoms with Gasteiger partial charge in [-0.15, -0.1) is 0 Å². The molecular weight excluding hydrogens is 249 g/mol. The summed E-state index contributed by atoms with van der Waals surface area (Å²) in [5, 5.41) is 2.43. The number of carbonyl (C=O) groups excluding carboxylic acids is 2. The molecule has 1 rings (SSSR count). The number of nitrogen functional groups attached to an aromatic ring is 1. The van der Waals surface area contributed by atoms with Crippen molar-refractivity contribution in [2.45, 2.75) is 13.3 Å². The van der Waals surface area contributed by atoms with Gasteiger partial charge in [-0.2, -0.15) is 0 Å². The Hall–Kier alpha value is -2.11.